The number of carbonyl (C=O) groups is 1. The van der Waals surface area contributed by atoms with E-state index in [0.717, 1.165) is 12.8 Å². The van der Waals surface area contributed by atoms with Gasteiger partial charge >= 0.3 is 0 Å². The molecule has 3 aromatic heterocycles. The number of pyridine rings is 1. The minimum absolute atomic E-state index is 0.0603. The Morgan fingerprint density at radius 2 is 1.89 bits per heavy atom. The van der Waals surface area contributed by atoms with Crippen LogP contribution in [0.4, 0.5) is 10.2 Å². The molecule has 11 nitrogen and oxygen atoms in total. The predicted octanol–water partition coefficient (Wildman–Crippen LogP) is 3.97. The number of methoxy groups -OCH3 is 2. The number of carbonyl (C=O) groups excluding carboxylic acids is 1. The Balaban J connectivity index is 1.32. The van der Waals surface area contributed by atoms with Crippen LogP contribution in [0.5, 0.6) is 28.9 Å². The standard InChI is InChI=1S/C24H23FN6O5/c1-33-18-11-15-16(12-19(18)34-2)26-9-7-17(15)36-22-6-5-21(28-29-22)27-24(32)23-20(35-10-8-25)13-31(30-23)14-3-4-14/h5-7,9,11-14H,3-4,8,10H2,1-2H3,(H,27,28,32). The summed E-state index contributed by atoms with van der Waals surface area (Å²) in [6.07, 6.45) is 5.18. The van der Waals surface area contributed by atoms with Gasteiger partial charge in [0.25, 0.3) is 5.91 Å². The fourth-order valence-electron chi connectivity index (χ4n) is 3.58. The Labute approximate surface area is 205 Å². The second-order valence-electron chi connectivity index (χ2n) is 7.94. The molecule has 5 rings (SSSR count). The molecule has 0 aliphatic heterocycles. The third kappa shape index (κ3) is 4.83. The number of benzene rings is 1. The van der Waals surface area contributed by atoms with Crippen LogP contribution in [-0.4, -0.2) is 58.4 Å². The molecule has 0 unspecified atom stereocenters. The highest BCUT2D eigenvalue weighted by atomic mass is 19.1. The van der Waals surface area contributed by atoms with Crippen molar-refractivity contribution in [1.29, 1.82) is 0 Å². The van der Waals surface area contributed by atoms with Gasteiger partial charge in [-0.2, -0.15) is 5.10 Å². The molecule has 1 aliphatic carbocycles. The van der Waals surface area contributed by atoms with Crippen LogP contribution in [0.3, 0.4) is 0 Å². The minimum Gasteiger partial charge on any atom is -0.493 e. The molecule has 1 aliphatic rings. The van der Waals surface area contributed by atoms with Crippen LogP contribution in [0.2, 0.25) is 0 Å². The Bertz CT molecular complexity index is 1390. The van der Waals surface area contributed by atoms with Crippen LogP contribution in [-0.2, 0) is 0 Å². The lowest BCUT2D eigenvalue weighted by Crippen LogP contribution is -2.16. The molecule has 186 valence electrons. The molecule has 3 heterocycles. The number of nitrogens with one attached hydrogen (secondary N) is 1. The first-order valence-corrected chi connectivity index (χ1v) is 11.2. The highest BCUT2D eigenvalue weighted by Crippen LogP contribution is 2.37. The molecule has 4 aromatic rings. The molecular weight excluding hydrogens is 471 g/mol. The first-order chi connectivity index (χ1) is 17.6. The number of fused-ring (bicyclic) bond motifs is 1. The summed E-state index contributed by atoms with van der Waals surface area (Å²) in [5.74, 6) is 1.66. The van der Waals surface area contributed by atoms with Crippen molar-refractivity contribution < 1.29 is 28.1 Å². The lowest BCUT2D eigenvalue weighted by molar-refractivity contribution is 0.101. The van der Waals surface area contributed by atoms with Gasteiger partial charge in [-0.25, -0.2) is 4.39 Å². The summed E-state index contributed by atoms with van der Waals surface area (Å²) in [5, 5.41) is 15.7. The smallest absolute Gasteiger partial charge is 0.281 e. The fraction of sp³-hybridized carbons (Fsp3) is 0.292. The number of rotatable bonds is 10. The lowest BCUT2D eigenvalue weighted by atomic mass is 10.2. The Morgan fingerprint density at radius 1 is 1.08 bits per heavy atom. The zero-order valence-electron chi connectivity index (χ0n) is 19.6. The van der Waals surface area contributed by atoms with Gasteiger partial charge in [0.15, 0.2) is 28.8 Å². The molecule has 1 fully saturated rings. The van der Waals surface area contributed by atoms with Gasteiger partial charge in [0.1, 0.15) is 19.0 Å². The number of hydrogen-bond acceptors (Lipinski definition) is 9. The second-order valence-corrected chi connectivity index (χ2v) is 7.94. The molecule has 1 aromatic carbocycles. The number of hydrogen-bond donors (Lipinski definition) is 1. The molecule has 0 bridgehead atoms. The van der Waals surface area contributed by atoms with Gasteiger partial charge in [-0.15, -0.1) is 10.2 Å². The quantitative estimate of drug-likeness (QED) is 0.349. The van der Waals surface area contributed by atoms with Gasteiger partial charge in [-0.05, 0) is 31.0 Å². The zero-order chi connectivity index (χ0) is 25.1. The van der Waals surface area contributed by atoms with E-state index in [-0.39, 0.29) is 35.8 Å². The average Bonchev–Trinajstić information content (AvgIpc) is 3.67. The van der Waals surface area contributed by atoms with Gasteiger partial charge in [0.2, 0.25) is 5.88 Å². The summed E-state index contributed by atoms with van der Waals surface area (Å²) in [6, 6.07) is 8.57. The molecule has 1 saturated carbocycles. The van der Waals surface area contributed by atoms with Gasteiger partial charge in [0, 0.05) is 23.7 Å². The normalized spacial score (nSPS) is 12.9. The SMILES string of the molecule is COc1cc2nccc(Oc3ccc(NC(=O)c4nn(C5CC5)cc4OCCF)nn3)c2cc1OC. The number of halogens is 1. The average molecular weight is 494 g/mol. The summed E-state index contributed by atoms with van der Waals surface area (Å²) < 4.78 is 36.2. The van der Waals surface area contributed by atoms with Crippen molar-refractivity contribution in [2.24, 2.45) is 0 Å². The van der Waals surface area contributed by atoms with Crippen LogP contribution in [0, 0.1) is 0 Å². The van der Waals surface area contributed by atoms with E-state index in [0.29, 0.717) is 28.2 Å². The van der Waals surface area contributed by atoms with Crippen LogP contribution < -0.4 is 24.3 Å². The second kappa shape index (κ2) is 10.0. The number of nitrogens with zero attached hydrogens (tertiary/aromatic N) is 5. The molecule has 0 spiro atoms. The van der Waals surface area contributed by atoms with Crippen molar-refractivity contribution in [3.8, 4) is 28.9 Å². The van der Waals surface area contributed by atoms with E-state index in [4.69, 9.17) is 18.9 Å². The summed E-state index contributed by atoms with van der Waals surface area (Å²) in [7, 11) is 3.10. The van der Waals surface area contributed by atoms with E-state index in [1.54, 1.807) is 61.6 Å². The van der Waals surface area contributed by atoms with Gasteiger partial charge in [0.05, 0.1) is 32.0 Å². The lowest BCUT2D eigenvalue weighted by Gasteiger charge is -2.12. The van der Waals surface area contributed by atoms with Crippen molar-refractivity contribution in [3.05, 3.63) is 48.4 Å². The first kappa shape index (κ1) is 23.3. The molecule has 0 atom stereocenters. The topological polar surface area (TPSA) is 123 Å². The molecule has 36 heavy (non-hydrogen) atoms. The summed E-state index contributed by atoms with van der Waals surface area (Å²) in [5.41, 5.74) is 0.712. The maximum atomic E-state index is 12.8. The van der Waals surface area contributed by atoms with Crippen molar-refractivity contribution in [3.63, 3.8) is 0 Å². The molecule has 0 radical (unpaired) electrons. The van der Waals surface area contributed by atoms with E-state index >= 15 is 0 Å². The van der Waals surface area contributed by atoms with Gasteiger partial charge in [-0.1, -0.05) is 0 Å². The van der Waals surface area contributed by atoms with Crippen molar-refractivity contribution >= 4 is 22.6 Å². The minimum atomic E-state index is -0.671. The molecule has 1 amide bonds. The van der Waals surface area contributed by atoms with Crippen LogP contribution in [0.15, 0.2) is 42.7 Å². The number of alkyl halides is 1. The predicted molar refractivity (Wildman–Crippen MR) is 127 cm³/mol. The third-order valence-corrected chi connectivity index (χ3v) is 5.47. The number of amides is 1. The molecular formula is C24H23FN6O5. The van der Waals surface area contributed by atoms with E-state index in [2.05, 4.69) is 25.6 Å². The van der Waals surface area contributed by atoms with Gasteiger partial charge in [-0.3, -0.25) is 14.5 Å². The maximum absolute atomic E-state index is 12.8. The van der Waals surface area contributed by atoms with Crippen LogP contribution >= 0.6 is 0 Å². The van der Waals surface area contributed by atoms with E-state index < -0.39 is 12.6 Å². The number of ether oxygens (including phenoxy) is 4. The van der Waals surface area contributed by atoms with Crippen molar-refractivity contribution in [2.45, 2.75) is 18.9 Å². The first-order valence-electron chi connectivity index (χ1n) is 11.2. The third-order valence-electron chi connectivity index (χ3n) is 5.47. The summed E-state index contributed by atoms with van der Waals surface area (Å²) in [4.78, 5) is 17.1. The maximum Gasteiger partial charge on any atom is 0.281 e. The van der Waals surface area contributed by atoms with Crippen LogP contribution in [0.1, 0.15) is 29.4 Å². The van der Waals surface area contributed by atoms with Gasteiger partial charge < -0.3 is 24.3 Å². The van der Waals surface area contributed by atoms with E-state index in [1.807, 2.05) is 0 Å². The highest BCUT2D eigenvalue weighted by molar-refractivity contribution is 6.04. The highest BCUT2D eigenvalue weighted by Gasteiger charge is 2.28. The van der Waals surface area contributed by atoms with Crippen molar-refractivity contribution in [2.75, 3.05) is 32.8 Å². The summed E-state index contributed by atoms with van der Waals surface area (Å²) in [6.45, 7) is -0.833. The monoisotopic (exact) mass is 494 g/mol. The fourth-order valence-corrected chi connectivity index (χ4v) is 3.58. The Hall–Kier alpha value is -4.48. The van der Waals surface area contributed by atoms with Crippen LogP contribution in [0.25, 0.3) is 10.9 Å². The van der Waals surface area contributed by atoms with Crippen molar-refractivity contribution in [1.82, 2.24) is 25.0 Å². The number of aromatic nitrogens is 5. The summed E-state index contributed by atoms with van der Waals surface area (Å²) >= 11 is 0. The van der Waals surface area contributed by atoms with E-state index in [9.17, 15) is 9.18 Å². The Morgan fingerprint density at radius 3 is 2.58 bits per heavy atom. The molecule has 12 heteroatoms. The largest absolute Gasteiger partial charge is 0.493 e. The number of anilines is 1. The zero-order valence-corrected chi connectivity index (χ0v) is 19.6. The van der Waals surface area contributed by atoms with E-state index in [1.165, 1.54) is 0 Å². The molecule has 0 saturated heterocycles. The Kier molecular flexibility index (Phi) is 6.48. The molecule has 1 N–H and O–H groups in total.